The maximum Gasteiger partial charge on any atom is 0.380 e. The van der Waals surface area contributed by atoms with Crippen molar-refractivity contribution >= 4 is 27.7 Å². The van der Waals surface area contributed by atoms with E-state index < -0.39 is 26.5 Å². The molecule has 0 unspecified atom stereocenters. The van der Waals surface area contributed by atoms with E-state index in [0.29, 0.717) is 0 Å². The van der Waals surface area contributed by atoms with Crippen LogP contribution in [0, 0.1) is 0 Å². The number of hydrogen-bond donors (Lipinski definition) is 1. The standard InChI is InChI=1S/C12H10O6S/c1-2-18-12(15)11(14)10-6-7-8(13)4-3-5-9(7)19(10,16)17/h3-6,13H,2H2,1H3. The molecule has 1 aromatic rings. The van der Waals surface area contributed by atoms with Crippen LogP contribution in [0.2, 0.25) is 0 Å². The number of Topliss-reactive ketones (excluding diaryl/α,β-unsaturated/α-hetero) is 1. The fraction of sp³-hybridized carbons (Fsp3) is 0.167. The number of carbonyl (C=O) groups is 2. The third kappa shape index (κ3) is 2.01. The van der Waals surface area contributed by atoms with Crippen molar-refractivity contribution in [3.05, 3.63) is 28.7 Å². The maximum atomic E-state index is 12.1. The maximum absolute atomic E-state index is 12.1. The smallest absolute Gasteiger partial charge is 0.380 e. The molecule has 1 aliphatic heterocycles. The van der Waals surface area contributed by atoms with Crippen molar-refractivity contribution in [3.63, 3.8) is 0 Å². The number of benzene rings is 1. The van der Waals surface area contributed by atoms with Crippen molar-refractivity contribution in [1.82, 2.24) is 0 Å². The number of carbonyl (C=O) groups excluding carboxylic acids is 2. The number of rotatable bonds is 3. The Kier molecular flexibility index (Phi) is 3.15. The molecule has 0 saturated heterocycles. The fourth-order valence-corrected chi connectivity index (χ4v) is 3.27. The van der Waals surface area contributed by atoms with E-state index in [0.717, 1.165) is 6.08 Å². The van der Waals surface area contributed by atoms with Crippen LogP contribution in [0.5, 0.6) is 5.75 Å². The SMILES string of the molecule is CCOC(=O)C(=O)C1=Cc2c(O)cccc2S1(=O)=O. The van der Waals surface area contributed by atoms with Gasteiger partial charge in [-0.3, -0.25) is 4.79 Å². The Labute approximate surface area is 109 Å². The number of sulfone groups is 1. The molecular weight excluding hydrogens is 272 g/mol. The first kappa shape index (κ1) is 13.3. The van der Waals surface area contributed by atoms with Crippen LogP contribution in [-0.2, 0) is 24.2 Å². The number of ketones is 1. The molecule has 0 aliphatic carbocycles. The van der Waals surface area contributed by atoms with E-state index in [9.17, 15) is 23.1 Å². The van der Waals surface area contributed by atoms with Crippen molar-refractivity contribution in [2.45, 2.75) is 11.8 Å². The second-order valence-corrected chi connectivity index (χ2v) is 5.64. The van der Waals surface area contributed by atoms with Gasteiger partial charge in [-0.25, -0.2) is 13.2 Å². The quantitative estimate of drug-likeness (QED) is 0.645. The first-order valence-corrected chi connectivity index (χ1v) is 6.88. The van der Waals surface area contributed by atoms with Gasteiger partial charge in [-0.05, 0) is 25.1 Å². The molecule has 7 heteroatoms. The summed E-state index contributed by atoms with van der Waals surface area (Å²) in [6, 6.07) is 3.90. The van der Waals surface area contributed by atoms with Crippen LogP contribution in [0.4, 0.5) is 0 Å². The Hall–Kier alpha value is -2.15. The molecule has 0 radical (unpaired) electrons. The summed E-state index contributed by atoms with van der Waals surface area (Å²) in [5, 5.41) is 9.57. The van der Waals surface area contributed by atoms with E-state index in [4.69, 9.17) is 0 Å². The first-order chi connectivity index (χ1) is 8.89. The minimum absolute atomic E-state index is 0.00940. The zero-order chi connectivity index (χ0) is 14.2. The monoisotopic (exact) mass is 282 g/mol. The molecule has 100 valence electrons. The Morgan fingerprint density at radius 2 is 2.00 bits per heavy atom. The van der Waals surface area contributed by atoms with Crippen molar-refractivity contribution < 1.29 is 27.9 Å². The van der Waals surface area contributed by atoms with Crippen LogP contribution < -0.4 is 0 Å². The van der Waals surface area contributed by atoms with Crippen LogP contribution in [0.3, 0.4) is 0 Å². The predicted molar refractivity (Wildman–Crippen MR) is 64.9 cm³/mol. The van der Waals surface area contributed by atoms with Crippen LogP contribution in [0.15, 0.2) is 28.0 Å². The summed E-state index contributed by atoms with van der Waals surface area (Å²) < 4.78 is 28.6. The lowest BCUT2D eigenvalue weighted by Gasteiger charge is -2.03. The minimum atomic E-state index is -4.08. The molecule has 19 heavy (non-hydrogen) atoms. The third-order valence-corrected chi connectivity index (χ3v) is 4.40. The van der Waals surface area contributed by atoms with Gasteiger partial charge in [0.2, 0.25) is 9.84 Å². The number of hydrogen-bond acceptors (Lipinski definition) is 6. The first-order valence-electron chi connectivity index (χ1n) is 5.39. The van der Waals surface area contributed by atoms with Crippen molar-refractivity contribution in [2.75, 3.05) is 6.61 Å². The summed E-state index contributed by atoms with van der Waals surface area (Å²) in [7, 11) is -4.08. The molecule has 0 spiro atoms. The second kappa shape index (κ2) is 4.51. The molecule has 1 N–H and O–H groups in total. The molecule has 0 fully saturated rings. The molecule has 0 bridgehead atoms. The van der Waals surface area contributed by atoms with Gasteiger partial charge in [0.1, 0.15) is 10.7 Å². The van der Waals surface area contributed by atoms with Crippen molar-refractivity contribution in [1.29, 1.82) is 0 Å². The third-order valence-electron chi connectivity index (χ3n) is 2.58. The molecule has 0 aromatic heterocycles. The summed E-state index contributed by atoms with van der Waals surface area (Å²) in [6.45, 7) is 1.47. The van der Waals surface area contributed by atoms with Gasteiger partial charge in [-0.2, -0.15) is 0 Å². The minimum Gasteiger partial charge on any atom is -0.507 e. The summed E-state index contributed by atoms with van der Waals surface area (Å²) in [4.78, 5) is 22.2. The lowest BCUT2D eigenvalue weighted by molar-refractivity contribution is -0.151. The molecular formula is C12H10O6S. The van der Waals surface area contributed by atoms with Gasteiger partial charge in [-0.15, -0.1) is 0 Å². The van der Waals surface area contributed by atoms with Crippen LogP contribution in [0.1, 0.15) is 12.5 Å². The van der Waals surface area contributed by atoms with Gasteiger partial charge in [0.05, 0.1) is 11.5 Å². The van der Waals surface area contributed by atoms with Crippen molar-refractivity contribution in [2.24, 2.45) is 0 Å². The Morgan fingerprint density at radius 1 is 1.32 bits per heavy atom. The topological polar surface area (TPSA) is 97.7 Å². The highest BCUT2D eigenvalue weighted by Gasteiger charge is 2.38. The van der Waals surface area contributed by atoms with Gasteiger partial charge in [-0.1, -0.05) is 6.07 Å². The largest absolute Gasteiger partial charge is 0.507 e. The highest BCUT2D eigenvalue weighted by molar-refractivity contribution is 7.97. The average molecular weight is 282 g/mol. The van der Waals surface area contributed by atoms with Crippen LogP contribution in [-0.4, -0.2) is 31.9 Å². The van der Waals surface area contributed by atoms with Gasteiger partial charge >= 0.3 is 5.97 Å². The molecule has 0 amide bonds. The fourth-order valence-electron chi connectivity index (χ4n) is 1.72. The van der Waals surface area contributed by atoms with E-state index in [-0.39, 0.29) is 22.8 Å². The lowest BCUT2D eigenvalue weighted by atomic mass is 10.2. The van der Waals surface area contributed by atoms with Crippen molar-refractivity contribution in [3.8, 4) is 5.75 Å². The highest BCUT2D eigenvalue weighted by Crippen LogP contribution is 2.37. The number of fused-ring (bicyclic) bond motifs is 1. The Balaban J connectivity index is 2.52. The molecule has 6 nitrogen and oxygen atoms in total. The van der Waals surface area contributed by atoms with Gasteiger partial charge in [0.15, 0.2) is 0 Å². The van der Waals surface area contributed by atoms with Gasteiger partial charge in [0.25, 0.3) is 5.78 Å². The number of esters is 1. The predicted octanol–water partition coefficient (Wildman–Crippen LogP) is 0.653. The summed E-state index contributed by atoms with van der Waals surface area (Å²) in [5.41, 5.74) is 0.00940. The number of aromatic hydroxyl groups is 1. The normalized spacial score (nSPS) is 15.5. The number of phenolic OH excluding ortho intramolecular Hbond substituents is 1. The van der Waals surface area contributed by atoms with Gasteiger partial charge < -0.3 is 9.84 Å². The number of phenols is 1. The highest BCUT2D eigenvalue weighted by atomic mass is 32.2. The zero-order valence-corrected chi connectivity index (χ0v) is 10.7. The van der Waals surface area contributed by atoms with E-state index in [2.05, 4.69) is 4.74 Å². The average Bonchev–Trinajstić information content (AvgIpc) is 2.62. The molecule has 1 aliphatic rings. The zero-order valence-electron chi connectivity index (χ0n) is 9.91. The summed E-state index contributed by atoms with van der Waals surface area (Å²) >= 11 is 0. The molecule has 0 saturated carbocycles. The Bertz CT molecular complexity index is 699. The lowest BCUT2D eigenvalue weighted by Crippen LogP contribution is -2.22. The van der Waals surface area contributed by atoms with E-state index in [1.54, 1.807) is 0 Å². The van der Waals surface area contributed by atoms with Crippen LogP contribution >= 0.6 is 0 Å². The second-order valence-electron chi connectivity index (χ2n) is 3.75. The van der Waals surface area contributed by atoms with E-state index in [1.807, 2.05) is 0 Å². The summed E-state index contributed by atoms with van der Waals surface area (Å²) in [6.07, 6.45) is 0.985. The molecule has 1 heterocycles. The van der Waals surface area contributed by atoms with E-state index in [1.165, 1.54) is 25.1 Å². The van der Waals surface area contributed by atoms with Gasteiger partial charge in [0, 0.05) is 5.56 Å². The Morgan fingerprint density at radius 3 is 2.58 bits per heavy atom. The van der Waals surface area contributed by atoms with Crippen LogP contribution in [0.25, 0.3) is 6.08 Å². The molecule has 1 aromatic carbocycles. The molecule has 0 atom stereocenters. The number of ether oxygens (including phenoxy) is 1. The molecule has 2 rings (SSSR count). The van der Waals surface area contributed by atoms with E-state index >= 15 is 0 Å². The summed E-state index contributed by atoms with van der Waals surface area (Å²) in [5.74, 6) is -2.74.